The molecule has 0 radical (unpaired) electrons. The molecule has 1 aliphatic rings. The molecule has 7 heteroatoms. The van der Waals surface area contributed by atoms with E-state index in [9.17, 15) is 9.59 Å². The molecule has 0 spiro atoms. The molecule has 0 aromatic heterocycles. The first-order valence-corrected chi connectivity index (χ1v) is 9.01. The van der Waals surface area contributed by atoms with E-state index in [0.29, 0.717) is 9.93 Å². The molecule has 1 aliphatic heterocycles. The maximum atomic E-state index is 12.5. The van der Waals surface area contributed by atoms with Crippen LogP contribution in [0.25, 0.3) is 6.08 Å². The van der Waals surface area contributed by atoms with Crippen LogP contribution in [0.5, 0.6) is 0 Å². The number of nitrogens with one attached hydrogen (secondary N) is 1. The van der Waals surface area contributed by atoms with E-state index in [2.05, 4.69) is 5.43 Å². The van der Waals surface area contributed by atoms with Gasteiger partial charge >= 0.3 is 0 Å². The van der Waals surface area contributed by atoms with Crippen LogP contribution in [-0.2, 0) is 16.0 Å². The van der Waals surface area contributed by atoms with Crippen LogP contribution in [-0.4, -0.2) is 21.1 Å². The molecule has 2 aromatic carbocycles. The molecule has 2 amide bonds. The Kier molecular flexibility index (Phi) is 5.53. The van der Waals surface area contributed by atoms with Gasteiger partial charge in [0.1, 0.15) is 0 Å². The summed E-state index contributed by atoms with van der Waals surface area (Å²) in [4.78, 5) is 25.1. The largest absolute Gasteiger partial charge is 0.285 e. The zero-order valence-corrected chi connectivity index (χ0v) is 15.3. The summed E-state index contributed by atoms with van der Waals surface area (Å²) >= 11 is 12.5. The average molecular weight is 389 g/mol. The molecule has 2 aromatic rings. The Balaban J connectivity index is 1.71. The molecule has 3 rings (SSSR count). The number of hydrogen-bond acceptors (Lipinski definition) is 4. The highest BCUT2D eigenvalue weighted by atomic mass is 35.5. The van der Waals surface area contributed by atoms with Gasteiger partial charge in [-0.2, -0.15) is 5.01 Å². The number of carbonyl (C=O) groups is 2. The summed E-state index contributed by atoms with van der Waals surface area (Å²) < 4.78 is 0.282. The van der Waals surface area contributed by atoms with Crippen molar-refractivity contribution >= 4 is 57.8 Å². The van der Waals surface area contributed by atoms with Crippen molar-refractivity contribution < 1.29 is 9.59 Å². The highest BCUT2D eigenvalue weighted by molar-refractivity contribution is 8.26. The SMILES string of the molecule is O=C(Cc1ccccc1)NN1C(=O)C(=Cc2ccccc2Cl)SC1=S. The van der Waals surface area contributed by atoms with Crippen molar-refractivity contribution in [3.63, 3.8) is 0 Å². The summed E-state index contributed by atoms with van der Waals surface area (Å²) in [5.41, 5.74) is 4.15. The Bertz CT molecular complexity index is 868. The quantitative estimate of drug-likeness (QED) is 0.639. The highest BCUT2D eigenvalue weighted by Gasteiger charge is 2.33. The first kappa shape index (κ1) is 17.7. The smallest absolute Gasteiger partial charge is 0.273 e. The van der Waals surface area contributed by atoms with Crippen LogP contribution in [0.2, 0.25) is 5.02 Å². The lowest BCUT2D eigenvalue weighted by atomic mass is 10.1. The van der Waals surface area contributed by atoms with Gasteiger partial charge in [-0.3, -0.25) is 15.0 Å². The molecule has 0 aliphatic carbocycles. The molecular weight excluding hydrogens is 376 g/mol. The Morgan fingerprint density at radius 1 is 1.16 bits per heavy atom. The fourth-order valence-electron chi connectivity index (χ4n) is 2.24. The molecular formula is C18H13ClN2O2S2. The van der Waals surface area contributed by atoms with Gasteiger partial charge in [0.05, 0.1) is 11.3 Å². The van der Waals surface area contributed by atoms with E-state index in [1.165, 1.54) is 0 Å². The molecule has 4 nitrogen and oxygen atoms in total. The number of hydrogen-bond donors (Lipinski definition) is 1. The average Bonchev–Trinajstić information content (AvgIpc) is 2.85. The first-order valence-electron chi connectivity index (χ1n) is 7.40. The Hall–Kier alpha value is -2.15. The minimum atomic E-state index is -0.365. The molecule has 0 unspecified atom stereocenters. The van der Waals surface area contributed by atoms with E-state index in [1.54, 1.807) is 12.1 Å². The first-order chi connectivity index (χ1) is 12.0. The lowest BCUT2D eigenvalue weighted by molar-refractivity contribution is -0.132. The zero-order chi connectivity index (χ0) is 17.8. The predicted molar refractivity (Wildman–Crippen MR) is 105 cm³/mol. The third-order valence-corrected chi connectivity index (χ3v) is 5.08. The normalized spacial score (nSPS) is 15.7. The van der Waals surface area contributed by atoms with E-state index in [1.807, 2.05) is 48.5 Å². The number of nitrogens with zero attached hydrogens (tertiary/aromatic N) is 1. The number of benzene rings is 2. The van der Waals surface area contributed by atoms with Gasteiger partial charge in [-0.15, -0.1) is 0 Å². The minimum absolute atomic E-state index is 0.168. The molecule has 0 bridgehead atoms. The maximum absolute atomic E-state index is 12.5. The van der Waals surface area contributed by atoms with Gasteiger partial charge in [-0.05, 0) is 35.5 Å². The van der Waals surface area contributed by atoms with Gasteiger partial charge in [0.15, 0.2) is 4.32 Å². The summed E-state index contributed by atoms with van der Waals surface area (Å²) in [6, 6.07) is 16.5. The Morgan fingerprint density at radius 3 is 2.56 bits per heavy atom. The molecule has 0 saturated carbocycles. The molecule has 1 fully saturated rings. The lowest BCUT2D eigenvalue weighted by Gasteiger charge is -2.15. The number of thiocarbonyl (C=S) groups is 1. The molecule has 25 heavy (non-hydrogen) atoms. The number of thioether (sulfide) groups is 1. The van der Waals surface area contributed by atoms with Crippen LogP contribution in [0.3, 0.4) is 0 Å². The molecule has 1 N–H and O–H groups in total. The number of carbonyl (C=O) groups excluding carboxylic acids is 2. The van der Waals surface area contributed by atoms with Crippen LogP contribution >= 0.6 is 35.6 Å². The van der Waals surface area contributed by atoms with E-state index < -0.39 is 0 Å². The van der Waals surface area contributed by atoms with E-state index in [4.69, 9.17) is 23.8 Å². The fraction of sp³-hybridized carbons (Fsp3) is 0.0556. The summed E-state index contributed by atoms with van der Waals surface area (Å²) in [5.74, 6) is -0.669. The van der Waals surface area contributed by atoms with Gasteiger partial charge in [-0.25, -0.2) is 0 Å². The van der Waals surface area contributed by atoms with E-state index >= 15 is 0 Å². The topological polar surface area (TPSA) is 49.4 Å². The fourth-order valence-corrected chi connectivity index (χ4v) is 3.60. The lowest BCUT2D eigenvalue weighted by Crippen LogP contribution is -2.45. The van der Waals surface area contributed by atoms with Crippen molar-refractivity contribution in [3.8, 4) is 0 Å². The number of rotatable bonds is 4. The second kappa shape index (κ2) is 7.82. The summed E-state index contributed by atoms with van der Waals surface area (Å²) in [6.07, 6.45) is 1.84. The van der Waals surface area contributed by atoms with Crippen molar-refractivity contribution in [3.05, 3.63) is 75.7 Å². The monoisotopic (exact) mass is 388 g/mol. The zero-order valence-electron chi connectivity index (χ0n) is 12.9. The number of hydrazine groups is 1. The van der Waals surface area contributed by atoms with E-state index in [-0.39, 0.29) is 22.6 Å². The maximum Gasteiger partial charge on any atom is 0.285 e. The van der Waals surface area contributed by atoms with Crippen molar-refractivity contribution in [1.82, 2.24) is 10.4 Å². The second-order valence-electron chi connectivity index (χ2n) is 5.24. The summed E-state index contributed by atoms with van der Waals surface area (Å²) in [6.45, 7) is 0. The molecule has 0 atom stereocenters. The summed E-state index contributed by atoms with van der Waals surface area (Å²) in [7, 11) is 0. The van der Waals surface area contributed by atoms with Crippen LogP contribution < -0.4 is 5.43 Å². The third kappa shape index (κ3) is 4.28. The van der Waals surface area contributed by atoms with Gasteiger partial charge in [0, 0.05) is 5.02 Å². The van der Waals surface area contributed by atoms with Crippen LogP contribution in [0.1, 0.15) is 11.1 Å². The highest BCUT2D eigenvalue weighted by Crippen LogP contribution is 2.32. The second-order valence-corrected chi connectivity index (χ2v) is 7.32. The van der Waals surface area contributed by atoms with Gasteiger partial charge in [0.25, 0.3) is 5.91 Å². The van der Waals surface area contributed by atoms with E-state index in [0.717, 1.165) is 27.9 Å². The van der Waals surface area contributed by atoms with Crippen LogP contribution in [0.15, 0.2) is 59.5 Å². The van der Waals surface area contributed by atoms with Crippen molar-refractivity contribution in [1.29, 1.82) is 0 Å². The number of halogens is 1. The Morgan fingerprint density at radius 2 is 1.84 bits per heavy atom. The molecule has 126 valence electrons. The minimum Gasteiger partial charge on any atom is -0.273 e. The van der Waals surface area contributed by atoms with Crippen molar-refractivity contribution in [2.24, 2.45) is 0 Å². The summed E-state index contributed by atoms with van der Waals surface area (Å²) in [5, 5.41) is 1.65. The predicted octanol–water partition coefficient (Wildman–Crippen LogP) is 3.82. The van der Waals surface area contributed by atoms with Crippen LogP contribution in [0, 0.1) is 0 Å². The van der Waals surface area contributed by atoms with Crippen LogP contribution in [0.4, 0.5) is 0 Å². The molecule has 1 heterocycles. The third-order valence-electron chi connectivity index (χ3n) is 3.43. The van der Waals surface area contributed by atoms with Crippen molar-refractivity contribution in [2.45, 2.75) is 6.42 Å². The molecule has 1 saturated heterocycles. The standard InChI is InChI=1S/C18H13ClN2O2S2/c19-14-9-5-4-8-13(14)11-15-17(23)21(18(24)25-15)20-16(22)10-12-6-2-1-3-7-12/h1-9,11H,10H2,(H,20,22). The van der Waals surface area contributed by atoms with Gasteiger partial charge < -0.3 is 0 Å². The van der Waals surface area contributed by atoms with Crippen molar-refractivity contribution in [2.75, 3.05) is 0 Å². The van der Waals surface area contributed by atoms with Gasteiger partial charge in [-0.1, -0.05) is 71.9 Å². The Labute approximate surface area is 159 Å². The van der Waals surface area contributed by atoms with Gasteiger partial charge in [0.2, 0.25) is 5.91 Å². The number of amides is 2.